The van der Waals surface area contributed by atoms with E-state index in [1.165, 1.54) is 4.90 Å². The van der Waals surface area contributed by atoms with Crippen LogP contribution in [0.1, 0.15) is 87.0 Å². The van der Waals surface area contributed by atoms with Gasteiger partial charge in [-0.15, -0.1) is 0 Å². The molecule has 2 saturated carbocycles. The van der Waals surface area contributed by atoms with E-state index in [4.69, 9.17) is 5.73 Å². The van der Waals surface area contributed by atoms with E-state index < -0.39 is 65.4 Å². The number of hydrogen-bond donors (Lipinski definition) is 4. The van der Waals surface area contributed by atoms with Crippen LogP contribution in [0, 0.1) is 22.7 Å². The van der Waals surface area contributed by atoms with Crippen LogP contribution in [-0.2, 0) is 19.2 Å². The summed E-state index contributed by atoms with van der Waals surface area (Å²) in [6, 6.07) is -4.35. The monoisotopic (exact) mass is 569 g/mol. The van der Waals surface area contributed by atoms with Crippen LogP contribution in [0.5, 0.6) is 0 Å². The van der Waals surface area contributed by atoms with Gasteiger partial charge in [0.2, 0.25) is 23.5 Å². The first-order chi connectivity index (χ1) is 18.2. The molecule has 12 heteroatoms. The van der Waals surface area contributed by atoms with E-state index in [1.54, 1.807) is 20.8 Å². The van der Waals surface area contributed by atoms with Gasteiger partial charge in [0.25, 0.3) is 5.91 Å². The second kappa shape index (κ2) is 10.9. The average molecular weight is 570 g/mol. The quantitative estimate of drug-likeness (QED) is 0.315. The molecule has 5 N–H and O–H groups in total. The first-order valence-corrected chi connectivity index (χ1v) is 14.1. The average Bonchev–Trinajstić information content (AvgIpc) is 3.13. The third-order valence-electron chi connectivity index (χ3n) is 8.96. The fraction of sp³-hybridized carbons (Fsp3) is 0.821. The molecule has 0 bridgehead atoms. The molecule has 0 aromatic carbocycles. The van der Waals surface area contributed by atoms with Gasteiger partial charge in [0.15, 0.2) is 0 Å². The number of carbonyl (C=O) groups excluding carboxylic acids is 5. The summed E-state index contributed by atoms with van der Waals surface area (Å²) in [5, 5.41) is 8.15. The van der Waals surface area contributed by atoms with Crippen molar-refractivity contribution < 1.29 is 32.8 Å². The fourth-order valence-electron chi connectivity index (χ4n) is 6.52. The minimum Gasteiger partial charge on any atom is -0.363 e. The molecule has 5 amide bonds. The van der Waals surface area contributed by atoms with Gasteiger partial charge in [-0.3, -0.25) is 19.2 Å². The number of primary amides is 1. The molecule has 40 heavy (non-hydrogen) atoms. The standard InChI is InChI=1S/C28H45F2N5O5/c1-25(2,3)20(33-24(40)34-27(6)11-9-8-10-12-27)23(39)35-14-15-17(26(15,4)5)18(35)22(38)32-16(13-28(7,29)30)19(36)21(31)37/h15-18,20H,8-14H2,1-7H3,(H2,31,37)(H,32,38)(H2,33,34,40)/t15-,16?,17-,18-,20+/m0/s1. The molecule has 226 valence electrons. The van der Waals surface area contributed by atoms with Crippen molar-refractivity contribution in [3.05, 3.63) is 0 Å². The highest BCUT2D eigenvalue weighted by Crippen LogP contribution is 2.65. The van der Waals surface area contributed by atoms with Crippen LogP contribution in [0.3, 0.4) is 0 Å². The maximum atomic E-state index is 14.0. The lowest BCUT2D eigenvalue weighted by Gasteiger charge is -2.39. The first kappa shape index (κ1) is 31.7. The molecule has 3 aliphatic rings. The maximum absolute atomic E-state index is 14.0. The fourth-order valence-corrected chi connectivity index (χ4v) is 6.52. The predicted molar refractivity (Wildman–Crippen MR) is 144 cm³/mol. The zero-order valence-electron chi connectivity index (χ0n) is 24.7. The Bertz CT molecular complexity index is 1040. The number of alkyl halides is 2. The zero-order chi connectivity index (χ0) is 30.4. The van der Waals surface area contributed by atoms with Crippen molar-refractivity contribution >= 4 is 29.5 Å². The molecule has 1 heterocycles. The molecule has 3 rings (SSSR count). The van der Waals surface area contributed by atoms with Crippen molar-refractivity contribution in [1.82, 2.24) is 20.9 Å². The molecule has 0 aromatic heterocycles. The Balaban J connectivity index is 1.83. The van der Waals surface area contributed by atoms with Gasteiger partial charge in [0.1, 0.15) is 18.1 Å². The number of carbonyl (C=O) groups is 5. The van der Waals surface area contributed by atoms with Crippen molar-refractivity contribution in [3.8, 4) is 0 Å². The Morgan fingerprint density at radius 2 is 1.55 bits per heavy atom. The summed E-state index contributed by atoms with van der Waals surface area (Å²) in [7, 11) is 0. The predicted octanol–water partition coefficient (Wildman–Crippen LogP) is 2.49. The molecule has 1 unspecified atom stereocenters. The minimum absolute atomic E-state index is 0.0271. The van der Waals surface area contributed by atoms with Crippen LogP contribution in [0.15, 0.2) is 0 Å². The third kappa shape index (κ3) is 6.91. The molecule has 1 saturated heterocycles. The van der Waals surface area contributed by atoms with Gasteiger partial charge >= 0.3 is 6.03 Å². The smallest absolute Gasteiger partial charge is 0.315 e. The molecule has 2 aliphatic carbocycles. The van der Waals surface area contributed by atoms with Crippen molar-refractivity contribution in [2.45, 2.75) is 117 Å². The Labute approximate surface area is 234 Å². The van der Waals surface area contributed by atoms with Crippen molar-refractivity contribution in [1.29, 1.82) is 0 Å². The van der Waals surface area contributed by atoms with Crippen molar-refractivity contribution in [2.75, 3.05) is 6.54 Å². The number of piperidine rings is 1. The highest BCUT2D eigenvalue weighted by atomic mass is 19.3. The molecular weight excluding hydrogens is 524 g/mol. The van der Waals surface area contributed by atoms with E-state index >= 15 is 0 Å². The highest BCUT2D eigenvalue weighted by Gasteiger charge is 2.70. The van der Waals surface area contributed by atoms with E-state index in [2.05, 4.69) is 16.0 Å². The van der Waals surface area contributed by atoms with Gasteiger partial charge in [0, 0.05) is 18.5 Å². The van der Waals surface area contributed by atoms with E-state index in [0.717, 1.165) is 32.1 Å². The first-order valence-electron chi connectivity index (χ1n) is 14.1. The van der Waals surface area contributed by atoms with Gasteiger partial charge in [-0.25, -0.2) is 13.6 Å². The number of amides is 5. The Kier molecular flexibility index (Phi) is 8.64. The highest BCUT2D eigenvalue weighted by molar-refractivity contribution is 6.37. The molecular formula is C28H45F2N5O5. The zero-order valence-corrected chi connectivity index (χ0v) is 24.7. The number of Topliss-reactive ketones (excluding diaryl/α,β-unsaturated/α-hetero) is 1. The Morgan fingerprint density at radius 3 is 2.05 bits per heavy atom. The summed E-state index contributed by atoms with van der Waals surface area (Å²) in [6.07, 6.45) is 3.69. The molecule has 3 fully saturated rings. The largest absolute Gasteiger partial charge is 0.363 e. The number of hydrogen-bond acceptors (Lipinski definition) is 5. The van der Waals surface area contributed by atoms with Crippen LogP contribution in [0.4, 0.5) is 13.6 Å². The SMILES string of the molecule is CC(F)(F)CC(NC(=O)[C@@H]1[C@@H]2[C@H](CN1C(=O)[C@@H](NC(=O)NC1(C)CCCCC1)C(C)(C)C)C2(C)C)C(=O)C(N)=O. The van der Waals surface area contributed by atoms with Crippen LogP contribution >= 0.6 is 0 Å². The summed E-state index contributed by atoms with van der Waals surface area (Å²) in [6.45, 7) is 12.1. The van der Waals surface area contributed by atoms with Crippen LogP contribution in [0.2, 0.25) is 0 Å². The number of nitrogens with two attached hydrogens (primary N) is 1. The summed E-state index contributed by atoms with van der Waals surface area (Å²) < 4.78 is 27.6. The third-order valence-corrected chi connectivity index (χ3v) is 8.96. The summed E-state index contributed by atoms with van der Waals surface area (Å²) in [4.78, 5) is 65.8. The van der Waals surface area contributed by atoms with Crippen molar-refractivity contribution in [2.24, 2.45) is 28.4 Å². The topological polar surface area (TPSA) is 151 Å². The van der Waals surface area contributed by atoms with E-state index in [0.29, 0.717) is 6.92 Å². The van der Waals surface area contributed by atoms with Gasteiger partial charge in [-0.2, -0.15) is 0 Å². The van der Waals surface area contributed by atoms with E-state index in [9.17, 15) is 32.8 Å². The molecule has 0 radical (unpaired) electrons. The molecule has 1 aliphatic heterocycles. The number of halogens is 2. The van der Waals surface area contributed by atoms with Crippen molar-refractivity contribution in [3.63, 3.8) is 0 Å². The number of likely N-dealkylation sites (tertiary alicyclic amines) is 1. The van der Waals surface area contributed by atoms with Crippen LogP contribution < -0.4 is 21.7 Å². The minimum atomic E-state index is -3.36. The summed E-state index contributed by atoms with van der Waals surface area (Å²) in [5.41, 5.74) is 3.66. The number of ketones is 1. The van der Waals surface area contributed by atoms with E-state index in [1.807, 2.05) is 20.8 Å². The number of fused-ring (bicyclic) bond motifs is 1. The lowest BCUT2D eigenvalue weighted by molar-refractivity contribution is -0.145. The number of nitrogens with one attached hydrogen (secondary N) is 3. The molecule has 0 spiro atoms. The Morgan fingerprint density at radius 1 is 0.975 bits per heavy atom. The van der Waals surface area contributed by atoms with Gasteiger partial charge < -0.3 is 26.6 Å². The lowest BCUT2D eigenvalue weighted by Crippen LogP contribution is -2.62. The van der Waals surface area contributed by atoms with Gasteiger partial charge in [0.05, 0.1) is 0 Å². The summed E-state index contributed by atoms with van der Waals surface area (Å²) in [5.74, 6) is -7.72. The lowest BCUT2D eigenvalue weighted by atomic mass is 9.83. The Hall–Kier alpha value is -2.79. The van der Waals surface area contributed by atoms with Crippen LogP contribution in [0.25, 0.3) is 0 Å². The molecule has 0 aromatic rings. The number of urea groups is 1. The summed E-state index contributed by atoms with van der Waals surface area (Å²) >= 11 is 0. The van der Waals surface area contributed by atoms with Gasteiger partial charge in [-0.1, -0.05) is 53.9 Å². The molecule has 5 atom stereocenters. The normalized spacial score (nSPS) is 26.6. The van der Waals surface area contributed by atoms with E-state index in [-0.39, 0.29) is 29.3 Å². The maximum Gasteiger partial charge on any atom is 0.315 e. The number of rotatable bonds is 9. The second-order valence-corrected chi connectivity index (χ2v) is 14.0. The number of nitrogens with zero attached hydrogens (tertiary/aromatic N) is 1. The van der Waals surface area contributed by atoms with Crippen LogP contribution in [-0.4, -0.2) is 70.6 Å². The van der Waals surface area contributed by atoms with Gasteiger partial charge in [-0.05, 0) is 49.4 Å². The molecule has 10 nitrogen and oxygen atoms in total. The second-order valence-electron chi connectivity index (χ2n) is 14.0.